The zero-order valence-electron chi connectivity index (χ0n) is 13.6. The maximum absolute atomic E-state index is 4.66. The maximum Gasteiger partial charge on any atom is 0.209 e. The van der Waals surface area contributed by atoms with E-state index in [9.17, 15) is 0 Å². The quantitative estimate of drug-likeness (QED) is 0.715. The molecule has 0 bridgehead atoms. The monoisotopic (exact) mass is 328 g/mol. The molecule has 0 spiro atoms. The molecule has 0 saturated carbocycles. The number of pyridine rings is 1. The molecule has 9 heteroatoms. The molecule has 0 atom stereocenters. The minimum Gasteiger partial charge on any atom is -0.314 e. The van der Waals surface area contributed by atoms with Crippen molar-refractivity contribution in [3.63, 3.8) is 0 Å². The number of rotatable bonds is 5. The zero-order chi connectivity index (χ0) is 16.4. The fourth-order valence-corrected chi connectivity index (χ4v) is 3.12. The van der Waals surface area contributed by atoms with Gasteiger partial charge in [0.2, 0.25) is 5.95 Å². The molecule has 1 fully saturated rings. The Morgan fingerprint density at radius 2 is 2.12 bits per heavy atom. The molecule has 1 aliphatic heterocycles. The fourth-order valence-electron chi connectivity index (χ4n) is 3.12. The van der Waals surface area contributed by atoms with Crippen LogP contribution in [0.15, 0.2) is 23.2 Å². The average molecular weight is 328 g/mol. The molecule has 3 aromatic rings. The topological polar surface area (TPSA) is 96.9 Å². The van der Waals surface area contributed by atoms with Gasteiger partial charge in [0.25, 0.3) is 0 Å². The van der Waals surface area contributed by atoms with E-state index < -0.39 is 0 Å². The van der Waals surface area contributed by atoms with Gasteiger partial charge in [-0.1, -0.05) is 5.16 Å². The van der Waals surface area contributed by atoms with Crippen LogP contribution in [0.2, 0.25) is 0 Å². The molecule has 0 aliphatic carbocycles. The second kappa shape index (κ2) is 6.54. The normalized spacial score (nSPS) is 15.9. The number of imidazole rings is 1. The molecule has 1 saturated heterocycles. The molecule has 4 heterocycles. The first kappa shape index (κ1) is 15.0. The summed E-state index contributed by atoms with van der Waals surface area (Å²) in [4.78, 5) is 11.5. The van der Waals surface area contributed by atoms with Crippen LogP contribution in [-0.2, 0) is 13.1 Å². The van der Waals surface area contributed by atoms with Crippen molar-refractivity contribution >= 4 is 22.8 Å². The largest absolute Gasteiger partial charge is 0.314 e. The maximum atomic E-state index is 4.66. The summed E-state index contributed by atoms with van der Waals surface area (Å²) in [7, 11) is 0. The second-order valence-electron chi connectivity index (χ2n) is 5.79. The van der Waals surface area contributed by atoms with E-state index in [1.165, 1.54) is 11.8 Å². The highest BCUT2D eigenvalue weighted by Crippen LogP contribution is 2.25. The number of hydrogen-bond donors (Lipinski definition) is 2. The summed E-state index contributed by atoms with van der Waals surface area (Å²) < 4.78 is 6.78. The molecule has 3 aromatic heterocycles. The van der Waals surface area contributed by atoms with Gasteiger partial charge < -0.3 is 15.2 Å². The van der Waals surface area contributed by atoms with Gasteiger partial charge in [-0.15, -0.1) is 0 Å². The van der Waals surface area contributed by atoms with Crippen LogP contribution in [-0.4, -0.2) is 55.9 Å². The molecule has 24 heavy (non-hydrogen) atoms. The molecule has 9 nitrogen and oxygen atoms in total. The summed E-state index contributed by atoms with van der Waals surface area (Å²) in [5.41, 5.74) is 3.18. The van der Waals surface area contributed by atoms with Crippen LogP contribution in [0.4, 0.5) is 11.8 Å². The highest BCUT2D eigenvalue weighted by molar-refractivity contribution is 5.81. The lowest BCUT2D eigenvalue weighted by Gasteiger charge is -2.27. The van der Waals surface area contributed by atoms with Crippen molar-refractivity contribution < 1.29 is 4.63 Å². The van der Waals surface area contributed by atoms with Gasteiger partial charge in [-0.05, 0) is 12.1 Å². The third-order valence-corrected chi connectivity index (χ3v) is 4.25. The Hall–Kier alpha value is -2.52. The zero-order valence-corrected chi connectivity index (χ0v) is 13.6. The number of fused-ring (bicyclic) bond motifs is 1. The lowest BCUT2D eigenvalue weighted by atomic mass is 10.2. The SMILES string of the molecule is CCn1c(Nc2cnon2)nc2cncc(CN3CCNCC3)c21. The van der Waals surface area contributed by atoms with Crippen LogP contribution in [0.1, 0.15) is 12.5 Å². The summed E-state index contributed by atoms with van der Waals surface area (Å²) in [6.07, 6.45) is 5.27. The minimum atomic E-state index is 0.539. The van der Waals surface area contributed by atoms with Gasteiger partial charge >= 0.3 is 0 Å². The van der Waals surface area contributed by atoms with Gasteiger partial charge in [0.15, 0.2) is 5.82 Å². The van der Waals surface area contributed by atoms with Crippen molar-refractivity contribution in [3.8, 4) is 0 Å². The summed E-state index contributed by atoms with van der Waals surface area (Å²) in [5.74, 6) is 1.26. The Kier molecular flexibility index (Phi) is 4.09. The van der Waals surface area contributed by atoms with E-state index in [0.717, 1.165) is 56.3 Å². The van der Waals surface area contributed by atoms with Gasteiger partial charge in [-0.25, -0.2) is 9.61 Å². The summed E-state index contributed by atoms with van der Waals surface area (Å²) in [6.45, 7) is 7.93. The van der Waals surface area contributed by atoms with E-state index in [1.807, 2.05) is 6.20 Å². The Bertz CT molecular complexity index is 806. The van der Waals surface area contributed by atoms with Crippen molar-refractivity contribution in [1.82, 2.24) is 35.1 Å². The Morgan fingerprint density at radius 1 is 1.25 bits per heavy atom. The lowest BCUT2D eigenvalue weighted by molar-refractivity contribution is 0.233. The molecule has 4 rings (SSSR count). The Balaban J connectivity index is 1.70. The van der Waals surface area contributed by atoms with Crippen molar-refractivity contribution in [2.45, 2.75) is 20.0 Å². The summed E-state index contributed by atoms with van der Waals surface area (Å²) in [6, 6.07) is 0. The highest BCUT2D eigenvalue weighted by Gasteiger charge is 2.17. The van der Waals surface area contributed by atoms with Crippen LogP contribution < -0.4 is 10.6 Å². The molecule has 0 amide bonds. The van der Waals surface area contributed by atoms with Crippen LogP contribution >= 0.6 is 0 Å². The number of hydrogen-bond acceptors (Lipinski definition) is 8. The van der Waals surface area contributed by atoms with Gasteiger partial charge in [-0.2, -0.15) is 0 Å². The Morgan fingerprint density at radius 3 is 2.88 bits per heavy atom. The molecular weight excluding hydrogens is 308 g/mol. The fraction of sp³-hybridized carbons (Fsp3) is 0.467. The molecule has 0 radical (unpaired) electrons. The third-order valence-electron chi connectivity index (χ3n) is 4.25. The minimum absolute atomic E-state index is 0.539. The van der Waals surface area contributed by atoms with Crippen LogP contribution in [0, 0.1) is 0 Å². The van der Waals surface area contributed by atoms with Gasteiger partial charge in [0, 0.05) is 51.0 Å². The first-order valence-corrected chi connectivity index (χ1v) is 8.16. The number of nitrogens with one attached hydrogen (secondary N) is 2. The standard InChI is InChI=1S/C15H20N8O/c1-2-23-14-11(10-22-5-3-16-4-6-22)7-17-8-12(14)19-15(23)20-13-9-18-24-21-13/h7-9,16H,2-6,10H2,1H3,(H,19,20,21). The van der Waals surface area contributed by atoms with Crippen LogP contribution in [0.5, 0.6) is 0 Å². The average Bonchev–Trinajstić information content (AvgIpc) is 3.24. The van der Waals surface area contributed by atoms with E-state index in [2.05, 4.69) is 51.9 Å². The number of piperazine rings is 1. The highest BCUT2D eigenvalue weighted by atomic mass is 16.6. The lowest BCUT2D eigenvalue weighted by Crippen LogP contribution is -2.42. The van der Waals surface area contributed by atoms with E-state index in [1.54, 1.807) is 6.20 Å². The number of nitrogens with zero attached hydrogens (tertiary/aromatic N) is 6. The number of aryl methyl sites for hydroxylation is 1. The second-order valence-corrected chi connectivity index (χ2v) is 5.79. The number of anilines is 2. The summed E-state index contributed by atoms with van der Waals surface area (Å²) in [5, 5.41) is 13.9. The first-order valence-electron chi connectivity index (χ1n) is 8.16. The predicted octanol–water partition coefficient (Wildman–Crippen LogP) is 0.983. The van der Waals surface area contributed by atoms with Crippen molar-refractivity contribution in [2.24, 2.45) is 0 Å². The van der Waals surface area contributed by atoms with Gasteiger partial charge in [0.05, 0.1) is 11.7 Å². The third kappa shape index (κ3) is 2.83. The molecule has 126 valence electrons. The smallest absolute Gasteiger partial charge is 0.209 e. The van der Waals surface area contributed by atoms with E-state index in [4.69, 9.17) is 0 Å². The molecule has 0 aromatic carbocycles. The van der Waals surface area contributed by atoms with E-state index >= 15 is 0 Å². The van der Waals surface area contributed by atoms with Gasteiger partial charge in [-0.3, -0.25) is 9.88 Å². The van der Waals surface area contributed by atoms with Crippen molar-refractivity contribution in [1.29, 1.82) is 0 Å². The molecule has 2 N–H and O–H groups in total. The van der Waals surface area contributed by atoms with E-state index in [0.29, 0.717) is 5.82 Å². The molecule has 0 unspecified atom stereocenters. The number of aromatic nitrogens is 5. The van der Waals surface area contributed by atoms with Gasteiger partial charge in [0.1, 0.15) is 11.7 Å². The Labute approximate surface area is 139 Å². The molecular formula is C15H20N8O. The molecule has 1 aliphatic rings. The summed E-state index contributed by atoms with van der Waals surface area (Å²) >= 11 is 0. The van der Waals surface area contributed by atoms with Crippen molar-refractivity contribution in [3.05, 3.63) is 24.2 Å². The van der Waals surface area contributed by atoms with E-state index in [-0.39, 0.29) is 0 Å². The van der Waals surface area contributed by atoms with Crippen LogP contribution in [0.3, 0.4) is 0 Å². The predicted molar refractivity (Wildman–Crippen MR) is 88.9 cm³/mol. The first-order chi connectivity index (χ1) is 11.8. The van der Waals surface area contributed by atoms with Crippen molar-refractivity contribution in [2.75, 3.05) is 31.5 Å². The van der Waals surface area contributed by atoms with Crippen LogP contribution in [0.25, 0.3) is 11.0 Å².